The molecular formula is C9H18N2O3S. The molecule has 0 saturated carbocycles. The maximum atomic E-state index is 11.7. The van der Waals surface area contributed by atoms with Crippen LogP contribution in [0.3, 0.4) is 0 Å². The minimum Gasteiger partial charge on any atom is -0.373 e. The van der Waals surface area contributed by atoms with Crippen LogP contribution in [-0.4, -0.2) is 44.6 Å². The Kier molecular flexibility index (Phi) is 4.27. The predicted molar refractivity (Wildman–Crippen MR) is 58.7 cm³/mol. The molecule has 88 valence electrons. The largest absolute Gasteiger partial charge is 0.373 e. The molecule has 0 radical (unpaired) electrons. The summed E-state index contributed by atoms with van der Waals surface area (Å²) >= 11 is 0. The molecule has 1 heterocycles. The average molecular weight is 234 g/mol. The molecule has 6 heteroatoms. The number of nitrogens with one attached hydrogen (secondary N) is 1. The van der Waals surface area contributed by atoms with Crippen LogP contribution in [0.5, 0.6) is 0 Å². The van der Waals surface area contributed by atoms with E-state index in [2.05, 4.69) is 11.3 Å². The number of nitrogens with zero attached hydrogens (tertiary/aromatic N) is 1. The first-order valence-electron chi connectivity index (χ1n) is 4.97. The Hall–Kier alpha value is -0.430. The molecule has 2 unspecified atom stereocenters. The van der Waals surface area contributed by atoms with E-state index in [0.717, 1.165) is 0 Å². The van der Waals surface area contributed by atoms with E-state index in [1.54, 1.807) is 0 Å². The molecule has 1 rings (SSSR count). The lowest BCUT2D eigenvalue weighted by atomic mass is 10.3. The molecular weight excluding hydrogens is 216 g/mol. The van der Waals surface area contributed by atoms with Crippen LogP contribution in [0.25, 0.3) is 0 Å². The first kappa shape index (κ1) is 12.6. The van der Waals surface area contributed by atoms with Crippen molar-refractivity contribution in [2.45, 2.75) is 26.1 Å². The third-order valence-electron chi connectivity index (χ3n) is 2.14. The summed E-state index contributed by atoms with van der Waals surface area (Å²) in [6.07, 6.45) is 1.40. The van der Waals surface area contributed by atoms with Crippen molar-refractivity contribution in [2.75, 3.05) is 19.6 Å². The van der Waals surface area contributed by atoms with Gasteiger partial charge in [0.2, 0.25) is 0 Å². The maximum absolute atomic E-state index is 11.7. The summed E-state index contributed by atoms with van der Waals surface area (Å²) in [6, 6.07) is 0. The zero-order valence-corrected chi connectivity index (χ0v) is 9.96. The quantitative estimate of drug-likeness (QED) is 0.703. The van der Waals surface area contributed by atoms with Gasteiger partial charge >= 0.3 is 0 Å². The van der Waals surface area contributed by atoms with Crippen molar-refractivity contribution in [2.24, 2.45) is 0 Å². The average Bonchev–Trinajstić information content (AvgIpc) is 2.13. The number of hydrogen-bond acceptors (Lipinski definition) is 3. The van der Waals surface area contributed by atoms with Gasteiger partial charge in [0, 0.05) is 19.6 Å². The lowest BCUT2D eigenvalue weighted by Crippen LogP contribution is -2.51. The summed E-state index contributed by atoms with van der Waals surface area (Å²) in [5, 5.41) is 0. The zero-order chi connectivity index (χ0) is 11.5. The summed E-state index contributed by atoms with van der Waals surface area (Å²) < 4.78 is 32.8. The van der Waals surface area contributed by atoms with Crippen molar-refractivity contribution in [3.05, 3.63) is 12.7 Å². The highest BCUT2D eigenvalue weighted by Gasteiger charge is 2.30. The second kappa shape index (κ2) is 5.07. The van der Waals surface area contributed by atoms with Gasteiger partial charge < -0.3 is 4.74 Å². The molecule has 1 N–H and O–H groups in total. The first-order chi connectivity index (χ1) is 6.95. The topological polar surface area (TPSA) is 58.6 Å². The fourth-order valence-corrected chi connectivity index (χ4v) is 2.91. The summed E-state index contributed by atoms with van der Waals surface area (Å²) in [4.78, 5) is 0. The first-order valence-corrected chi connectivity index (χ1v) is 6.41. The second-order valence-corrected chi connectivity index (χ2v) is 5.47. The highest BCUT2D eigenvalue weighted by Crippen LogP contribution is 2.13. The van der Waals surface area contributed by atoms with E-state index in [0.29, 0.717) is 13.1 Å². The minimum absolute atomic E-state index is 0.0611. The monoisotopic (exact) mass is 234 g/mol. The van der Waals surface area contributed by atoms with E-state index >= 15 is 0 Å². The fraction of sp³-hybridized carbons (Fsp3) is 0.778. The molecule has 0 bridgehead atoms. The van der Waals surface area contributed by atoms with Crippen LogP contribution in [0.15, 0.2) is 12.7 Å². The van der Waals surface area contributed by atoms with Crippen LogP contribution >= 0.6 is 0 Å². The van der Waals surface area contributed by atoms with Gasteiger partial charge in [-0.2, -0.15) is 17.4 Å². The third kappa shape index (κ3) is 3.57. The van der Waals surface area contributed by atoms with Crippen molar-refractivity contribution in [3.8, 4) is 0 Å². The molecule has 1 aliphatic heterocycles. The second-order valence-electron chi connectivity index (χ2n) is 3.72. The molecule has 0 aromatic heterocycles. The summed E-state index contributed by atoms with van der Waals surface area (Å²) in [5.74, 6) is 0. The molecule has 1 aliphatic rings. The van der Waals surface area contributed by atoms with E-state index in [4.69, 9.17) is 4.74 Å². The third-order valence-corrected chi connectivity index (χ3v) is 3.65. The van der Waals surface area contributed by atoms with Gasteiger partial charge in [-0.15, -0.1) is 6.58 Å². The molecule has 1 fully saturated rings. The van der Waals surface area contributed by atoms with Gasteiger partial charge in [0.05, 0.1) is 12.2 Å². The van der Waals surface area contributed by atoms with Gasteiger partial charge in [-0.05, 0) is 13.8 Å². The minimum atomic E-state index is -3.38. The van der Waals surface area contributed by atoms with Gasteiger partial charge in [0.25, 0.3) is 10.2 Å². The van der Waals surface area contributed by atoms with Crippen molar-refractivity contribution in [3.63, 3.8) is 0 Å². The molecule has 0 aromatic carbocycles. The lowest BCUT2D eigenvalue weighted by molar-refractivity contribution is -0.0443. The molecule has 0 amide bonds. The van der Waals surface area contributed by atoms with E-state index in [9.17, 15) is 8.42 Å². The Bertz CT molecular complexity index is 305. The van der Waals surface area contributed by atoms with Crippen LogP contribution in [0.2, 0.25) is 0 Å². The zero-order valence-electron chi connectivity index (χ0n) is 9.14. The SMILES string of the molecule is C=CCNS(=O)(=O)N1CC(C)OC(C)C1. The number of hydrogen-bond donors (Lipinski definition) is 1. The van der Waals surface area contributed by atoms with Crippen LogP contribution in [0, 0.1) is 0 Å². The van der Waals surface area contributed by atoms with Gasteiger partial charge in [0.15, 0.2) is 0 Å². The van der Waals surface area contributed by atoms with Crippen LogP contribution < -0.4 is 4.72 Å². The standard InChI is InChI=1S/C9H18N2O3S/c1-4-5-10-15(12,13)11-6-8(2)14-9(3)7-11/h4,8-10H,1,5-7H2,2-3H3. The highest BCUT2D eigenvalue weighted by atomic mass is 32.2. The summed E-state index contributed by atoms with van der Waals surface area (Å²) in [5.41, 5.74) is 0. The van der Waals surface area contributed by atoms with E-state index in [1.165, 1.54) is 10.4 Å². The number of ether oxygens (including phenoxy) is 1. The van der Waals surface area contributed by atoms with E-state index in [1.807, 2.05) is 13.8 Å². The van der Waals surface area contributed by atoms with Crippen molar-refractivity contribution in [1.82, 2.24) is 9.03 Å². The van der Waals surface area contributed by atoms with E-state index in [-0.39, 0.29) is 18.8 Å². The molecule has 5 nitrogen and oxygen atoms in total. The Balaban J connectivity index is 2.65. The van der Waals surface area contributed by atoms with Gasteiger partial charge in [-0.1, -0.05) is 6.08 Å². The Morgan fingerprint density at radius 2 is 2.00 bits per heavy atom. The fourth-order valence-electron chi connectivity index (χ4n) is 1.58. The maximum Gasteiger partial charge on any atom is 0.279 e. The van der Waals surface area contributed by atoms with Gasteiger partial charge in [-0.3, -0.25) is 0 Å². The van der Waals surface area contributed by atoms with Gasteiger partial charge in [-0.25, -0.2) is 0 Å². The molecule has 1 saturated heterocycles. The van der Waals surface area contributed by atoms with Crippen molar-refractivity contribution in [1.29, 1.82) is 0 Å². The van der Waals surface area contributed by atoms with E-state index < -0.39 is 10.2 Å². The normalized spacial score (nSPS) is 28.9. The Morgan fingerprint density at radius 3 is 2.47 bits per heavy atom. The summed E-state index contributed by atoms with van der Waals surface area (Å²) in [7, 11) is -3.38. The van der Waals surface area contributed by atoms with Gasteiger partial charge in [0.1, 0.15) is 0 Å². The Labute approximate surface area is 91.3 Å². The van der Waals surface area contributed by atoms with Crippen molar-refractivity contribution >= 4 is 10.2 Å². The summed E-state index contributed by atoms with van der Waals surface area (Å²) in [6.45, 7) is 8.25. The molecule has 0 spiro atoms. The molecule has 0 aliphatic carbocycles. The molecule has 2 atom stereocenters. The molecule has 15 heavy (non-hydrogen) atoms. The predicted octanol–water partition coefficient (Wildman–Crippen LogP) is 0.116. The Morgan fingerprint density at radius 1 is 1.47 bits per heavy atom. The molecule has 0 aromatic rings. The van der Waals surface area contributed by atoms with Crippen LogP contribution in [-0.2, 0) is 14.9 Å². The van der Waals surface area contributed by atoms with Crippen LogP contribution in [0.1, 0.15) is 13.8 Å². The number of morpholine rings is 1. The highest BCUT2D eigenvalue weighted by molar-refractivity contribution is 7.87. The smallest absolute Gasteiger partial charge is 0.279 e. The van der Waals surface area contributed by atoms with Crippen LogP contribution in [0.4, 0.5) is 0 Å². The number of rotatable bonds is 4. The lowest BCUT2D eigenvalue weighted by Gasteiger charge is -2.34. The van der Waals surface area contributed by atoms with Crippen molar-refractivity contribution < 1.29 is 13.2 Å².